The molecular formula is C9H14N4S. The normalized spacial score (nSPS) is 10.1. The Labute approximate surface area is 87.8 Å². The second-order valence-corrected chi connectivity index (χ2v) is 4.02. The van der Waals surface area contributed by atoms with Crippen LogP contribution in [-0.4, -0.2) is 21.6 Å². The van der Waals surface area contributed by atoms with Gasteiger partial charge in [-0.1, -0.05) is 11.8 Å². The second kappa shape index (κ2) is 5.59. The Morgan fingerprint density at radius 3 is 3.07 bits per heavy atom. The van der Waals surface area contributed by atoms with Gasteiger partial charge in [-0.2, -0.15) is 0 Å². The molecule has 1 aromatic rings. The molecule has 5 heteroatoms. The average Bonchev–Trinajstić information content (AvgIpc) is 2.12. The van der Waals surface area contributed by atoms with Crippen LogP contribution < -0.4 is 5.73 Å². The second-order valence-electron chi connectivity index (χ2n) is 2.96. The maximum atomic E-state index is 7.05. The lowest BCUT2D eigenvalue weighted by Crippen LogP contribution is -2.09. The fourth-order valence-electron chi connectivity index (χ4n) is 0.922. The Hall–Kier alpha value is -1.10. The van der Waals surface area contributed by atoms with Crippen molar-refractivity contribution in [2.24, 2.45) is 5.73 Å². The molecule has 1 aromatic heterocycles. The van der Waals surface area contributed by atoms with E-state index in [-0.39, 0.29) is 5.84 Å². The molecule has 0 fully saturated rings. The molecule has 14 heavy (non-hydrogen) atoms. The van der Waals surface area contributed by atoms with Crippen molar-refractivity contribution >= 4 is 17.6 Å². The fraction of sp³-hybridized carbons (Fsp3) is 0.444. The standard InChI is InChI=1S/C9H14N4S/c1-7-4-5-12-9(13-7)14-6-2-3-8(10)11/h4-5H,2-3,6H2,1H3,(H3,10,11). The molecule has 0 radical (unpaired) electrons. The molecule has 1 rings (SSSR count). The van der Waals surface area contributed by atoms with E-state index in [1.165, 1.54) is 0 Å². The van der Waals surface area contributed by atoms with Gasteiger partial charge in [0.1, 0.15) is 0 Å². The zero-order valence-electron chi connectivity index (χ0n) is 8.16. The van der Waals surface area contributed by atoms with Crippen molar-refractivity contribution in [2.75, 3.05) is 5.75 Å². The molecule has 0 aliphatic carbocycles. The fourth-order valence-corrected chi connectivity index (χ4v) is 1.74. The third-order valence-corrected chi connectivity index (χ3v) is 2.54. The Morgan fingerprint density at radius 1 is 1.64 bits per heavy atom. The van der Waals surface area contributed by atoms with E-state index in [4.69, 9.17) is 11.1 Å². The zero-order valence-corrected chi connectivity index (χ0v) is 8.97. The average molecular weight is 210 g/mol. The molecule has 0 bridgehead atoms. The van der Waals surface area contributed by atoms with Crippen LogP contribution in [0.15, 0.2) is 17.4 Å². The summed E-state index contributed by atoms with van der Waals surface area (Å²) in [4.78, 5) is 8.38. The van der Waals surface area contributed by atoms with Crippen LogP contribution in [-0.2, 0) is 0 Å². The highest BCUT2D eigenvalue weighted by molar-refractivity contribution is 7.99. The van der Waals surface area contributed by atoms with Crippen molar-refractivity contribution in [3.05, 3.63) is 18.0 Å². The van der Waals surface area contributed by atoms with Gasteiger partial charge in [0.05, 0.1) is 5.84 Å². The number of aromatic nitrogens is 2. The van der Waals surface area contributed by atoms with Gasteiger partial charge in [-0.25, -0.2) is 9.97 Å². The Kier molecular flexibility index (Phi) is 4.39. The molecule has 4 nitrogen and oxygen atoms in total. The van der Waals surface area contributed by atoms with Crippen LogP contribution in [0.4, 0.5) is 0 Å². The molecule has 0 saturated carbocycles. The van der Waals surface area contributed by atoms with E-state index in [0.717, 1.165) is 23.0 Å². The quantitative estimate of drug-likeness (QED) is 0.254. The predicted molar refractivity (Wildman–Crippen MR) is 58.6 cm³/mol. The van der Waals surface area contributed by atoms with Gasteiger partial charge in [0.15, 0.2) is 5.16 Å². The number of aryl methyl sites for hydroxylation is 1. The third kappa shape index (κ3) is 4.23. The number of hydrogen-bond donors (Lipinski definition) is 2. The van der Waals surface area contributed by atoms with Crippen molar-refractivity contribution in [1.82, 2.24) is 9.97 Å². The summed E-state index contributed by atoms with van der Waals surface area (Å²) in [6.07, 6.45) is 3.31. The lowest BCUT2D eigenvalue weighted by Gasteiger charge is -2.00. The largest absolute Gasteiger partial charge is 0.388 e. The van der Waals surface area contributed by atoms with E-state index >= 15 is 0 Å². The van der Waals surface area contributed by atoms with Crippen LogP contribution in [0.25, 0.3) is 0 Å². The summed E-state index contributed by atoms with van der Waals surface area (Å²) in [5, 5.41) is 7.85. The summed E-state index contributed by atoms with van der Waals surface area (Å²) in [6, 6.07) is 1.87. The molecule has 0 atom stereocenters. The van der Waals surface area contributed by atoms with E-state index < -0.39 is 0 Å². The Bertz CT molecular complexity index is 313. The van der Waals surface area contributed by atoms with Crippen molar-refractivity contribution in [3.8, 4) is 0 Å². The van der Waals surface area contributed by atoms with E-state index in [9.17, 15) is 0 Å². The first-order valence-corrected chi connectivity index (χ1v) is 5.42. The van der Waals surface area contributed by atoms with Crippen LogP contribution in [0.3, 0.4) is 0 Å². The molecule has 0 spiro atoms. The molecule has 0 aliphatic rings. The minimum absolute atomic E-state index is 0.246. The number of thioether (sulfide) groups is 1. The number of nitrogens with one attached hydrogen (secondary N) is 1. The molecule has 0 amide bonds. The van der Waals surface area contributed by atoms with Gasteiger partial charge in [0.2, 0.25) is 0 Å². The van der Waals surface area contributed by atoms with E-state index in [1.807, 2.05) is 13.0 Å². The van der Waals surface area contributed by atoms with Crippen molar-refractivity contribution in [3.63, 3.8) is 0 Å². The maximum absolute atomic E-state index is 7.05. The van der Waals surface area contributed by atoms with Crippen LogP contribution in [0.1, 0.15) is 18.5 Å². The number of amidine groups is 1. The summed E-state index contributed by atoms with van der Waals surface area (Å²) in [6.45, 7) is 1.95. The summed E-state index contributed by atoms with van der Waals surface area (Å²) in [5.74, 6) is 1.15. The molecular weight excluding hydrogens is 196 g/mol. The van der Waals surface area contributed by atoms with Crippen molar-refractivity contribution in [1.29, 1.82) is 5.41 Å². The van der Waals surface area contributed by atoms with E-state index in [0.29, 0.717) is 6.42 Å². The summed E-state index contributed by atoms with van der Waals surface area (Å²) in [7, 11) is 0. The number of nitrogens with zero attached hydrogens (tertiary/aromatic N) is 2. The lowest BCUT2D eigenvalue weighted by atomic mass is 10.3. The molecule has 1 heterocycles. The lowest BCUT2D eigenvalue weighted by molar-refractivity contribution is 0.922. The highest BCUT2D eigenvalue weighted by Gasteiger charge is 1.97. The number of rotatable bonds is 5. The summed E-state index contributed by atoms with van der Waals surface area (Å²) in [5.41, 5.74) is 6.22. The molecule has 0 aromatic carbocycles. The van der Waals surface area contributed by atoms with Crippen LogP contribution in [0.2, 0.25) is 0 Å². The van der Waals surface area contributed by atoms with Crippen molar-refractivity contribution in [2.45, 2.75) is 24.9 Å². The Balaban J connectivity index is 2.28. The van der Waals surface area contributed by atoms with E-state index in [1.54, 1.807) is 18.0 Å². The first kappa shape index (κ1) is 11.0. The van der Waals surface area contributed by atoms with Gasteiger partial charge in [-0.05, 0) is 19.4 Å². The minimum Gasteiger partial charge on any atom is -0.388 e. The van der Waals surface area contributed by atoms with Crippen LogP contribution >= 0.6 is 11.8 Å². The predicted octanol–water partition coefficient (Wildman–Crippen LogP) is 1.59. The van der Waals surface area contributed by atoms with Gasteiger partial charge in [0.25, 0.3) is 0 Å². The minimum atomic E-state index is 0.246. The van der Waals surface area contributed by atoms with Crippen LogP contribution in [0, 0.1) is 12.3 Å². The summed E-state index contributed by atoms with van der Waals surface area (Å²) >= 11 is 1.60. The van der Waals surface area contributed by atoms with Gasteiger partial charge in [0, 0.05) is 24.1 Å². The summed E-state index contributed by atoms with van der Waals surface area (Å²) < 4.78 is 0. The highest BCUT2D eigenvalue weighted by atomic mass is 32.2. The molecule has 0 saturated heterocycles. The number of nitrogens with two attached hydrogens (primary N) is 1. The topological polar surface area (TPSA) is 75.7 Å². The van der Waals surface area contributed by atoms with Gasteiger partial charge in [-0.3, -0.25) is 5.41 Å². The molecule has 3 N–H and O–H groups in total. The molecule has 76 valence electrons. The maximum Gasteiger partial charge on any atom is 0.187 e. The van der Waals surface area contributed by atoms with Gasteiger partial charge >= 0.3 is 0 Å². The van der Waals surface area contributed by atoms with Gasteiger partial charge < -0.3 is 5.73 Å². The highest BCUT2D eigenvalue weighted by Crippen LogP contribution is 2.13. The monoisotopic (exact) mass is 210 g/mol. The smallest absolute Gasteiger partial charge is 0.187 e. The molecule has 0 aliphatic heterocycles. The zero-order chi connectivity index (χ0) is 10.4. The number of hydrogen-bond acceptors (Lipinski definition) is 4. The first-order valence-electron chi connectivity index (χ1n) is 4.44. The Morgan fingerprint density at radius 2 is 2.43 bits per heavy atom. The van der Waals surface area contributed by atoms with E-state index in [2.05, 4.69) is 9.97 Å². The third-order valence-electron chi connectivity index (χ3n) is 1.59. The first-order chi connectivity index (χ1) is 6.68. The SMILES string of the molecule is Cc1ccnc(SCCCC(=N)N)n1. The van der Waals surface area contributed by atoms with Crippen LogP contribution in [0.5, 0.6) is 0 Å². The molecule has 0 unspecified atom stereocenters. The van der Waals surface area contributed by atoms with Gasteiger partial charge in [-0.15, -0.1) is 0 Å². The van der Waals surface area contributed by atoms with Crippen molar-refractivity contribution < 1.29 is 0 Å².